The molecule has 2 aromatic rings. The average Bonchev–Trinajstić information content (AvgIpc) is 3.15. The molecule has 0 spiro atoms. The Morgan fingerprint density at radius 2 is 1.87 bits per heavy atom. The molecular weight excluding hydrogens is 302 g/mol. The van der Waals surface area contributed by atoms with Crippen LogP contribution in [-0.2, 0) is 17.8 Å². The standard InChI is InChI=1S/C16H18F2N4O/c17-14-6-13(7-15(18)8-14)5-12-1-4-22(9-12)16(23)2-3-21-10-19-20-11-21/h6-8,10-12H,1-5,9H2. The Hall–Kier alpha value is -2.31. The summed E-state index contributed by atoms with van der Waals surface area (Å²) in [5.74, 6) is -0.776. The predicted octanol–water partition coefficient (Wildman–Crippen LogP) is 2.04. The van der Waals surface area contributed by atoms with Gasteiger partial charge in [0.15, 0.2) is 0 Å². The largest absolute Gasteiger partial charge is 0.342 e. The van der Waals surface area contributed by atoms with Crippen molar-refractivity contribution in [2.75, 3.05) is 13.1 Å². The second-order valence-electron chi connectivity index (χ2n) is 5.93. The van der Waals surface area contributed by atoms with E-state index in [0.717, 1.165) is 12.5 Å². The van der Waals surface area contributed by atoms with Crippen LogP contribution in [0.15, 0.2) is 30.9 Å². The van der Waals surface area contributed by atoms with E-state index in [-0.39, 0.29) is 11.8 Å². The van der Waals surface area contributed by atoms with Crippen LogP contribution in [0.3, 0.4) is 0 Å². The highest BCUT2D eigenvalue weighted by Crippen LogP contribution is 2.22. The topological polar surface area (TPSA) is 51.0 Å². The minimum Gasteiger partial charge on any atom is -0.342 e. The number of aromatic nitrogens is 3. The van der Waals surface area contributed by atoms with Gasteiger partial charge >= 0.3 is 0 Å². The van der Waals surface area contributed by atoms with Crippen LogP contribution in [0.5, 0.6) is 0 Å². The Bertz CT molecular complexity index is 654. The summed E-state index contributed by atoms with van der Waals surface area (Å²) in [6, 6.07) is 3.60. The molecule has 1 unspecified atom stereocenters. The Morgan fingerprint density at radius 1 is 1.17 bits per heavy atom. The molecular formula is C16H18F2N4O. The SMILES string of the molecule is O=C(CCn1cnnc1)N1CCC(Cc2cc(F)cc(F)c2)C1. The van der Waals surface area contributed by atoms with Gasteiger partial charge in [-0.15, -0.1) is 10.2 Å². The number of aryl methyl sites for hydroxylation is 1. The molecule has 122 valence electrons. The lowest BCUT2D eigenvalue weighted by atomic mass is 9.98. The molecule has 2 heterocycles. The zero-order chi connectivity index (χ0) is 16.2. The van der Waals surface area contributed by atoms with E-state index in [9.17, 15) is 13.6 Å². The third-order valence-electron chi connectivity index (χ3n) is 4.14. The Kier molecular flexibility index (Phi) is 4.64. The molecule has 0 bridgehead atoms. The van der Waals surface area contributed by atoms with E-state index in [0.29, 0.717) is 38.0 Å². The van der Waals surface area contributed by atoms with Crippen LogP contribution in [0, 0.1) is 17.6 Å². The summed E-state index contributed by atoms with van der Waals surface area (Å²) >= 11 is 0. The molecule has 1 aromatic carbocycles. The molecule has 0 radical (unpaired) electrons. The summed E-state index contributed by atoms with van der Waals surface area (Å²) in [6.07, 6.45) is 5.01. The molecule has 1 amide bonds. The van der Waals surface area contributed by atoms with Crippen LogP contribution < -0.4 is 0 Å². The van der Waals surface area contributed by atoms with Crippen molar-refractivity contribution in [2.45, 2.75) is 25.8 Å². The van der Waals surface area contributed by atoms with Crippen molar-refractivity contribution < 1.29 is 13.6 Å². The van der Waals surface area contributed by atoms with E-state index in [1.807, 2.05) is 4.90 Å². The van der Waals surface area contributed by atoms with Gasteiger partial charge in [-0.05, 0) is 36.5 Å². The molecule has 7 heteroatoms. The van der Waals surface area contributed by atoms with Crippen LogP contribution in [0.2, 0.25) is 0 Å². The maximum absolute atomic E-state index is 13.2. The van der Waals surface area contributed by atoms with E-state index < -0.39 is 11.6 Å². The van der Waals surface area contributed by atoms with Crippen LogP contribution in [0.4, 0.5) is 8.78 Å². The second kappa shape index (κ2) is 6.85. The Labute approximate surface area is 132 Å². The molecule has 3 rings (SSSR count). The van der Waals surface area contributed by atoms with Gasteiger partial charge in [-0.2, -0.15) is 0 Å². The van der Waals surface area contributed by atoms with Gasteiger partial charge in [0, 0.05) is 32.1 Å². The highest BCUT2D eigenvalue weighted by molar-refractivity contribution is 5.76. The third-order valence-corrected chi connectivity index (χ3v) is 4.14. The van der Waals surface area contributed by atoms with Gasteiger partial charge < -0.3 is 9.47 Å². The smallest absolute Gasteiger partial charge is 0.224 e. The first kappa shape index (κ1) is 15.6. The number of hydrogen-bond donors (Lipinski definition) is 0. The van der Waals surface area contributed by atoms with Gasteiger partial charge in [0.25, 0.3) is 0 Å². The number of halogens is 2. The van der Waals surface area contributed by atoms with E-state index in [2.05, 4.69) is 10.2 Å². The van der Waals surface area contributed by atoms with E-state index in [4.69, 9.17) is 0 Å². The normalized spacial score (nSPS) is 17.7. The van der Waals surface area contributed by atoms with Gasteiger partial charge in [-0.1, -0.05) is 0 Å². The number of benzene rings is 1. The summed E-state index contributed by atoms with van der Waals surface area (Å²) in [6.45, 7) is 1.89. The molecule has 1 aromatic heterocycles. The molecule has 0 saturated carbocycles. The number of carbonyl (C=O) groups is 1. The lowest BCUT2D eigenvalue weighted by Gasteiger charge is -2.16. The van der Waals surface area contributed by atoms with Crippen LogP contribution in [0.1, 0.15) is 18.4 Å². The van der Waals surface area contributed by atoms with Crippen molar-refractivity contribution >= 4 is 5.91 Å². The fraction of sp³-hybridized carbons (Fsp3) is 0.438. The number of likely N-dealkylation sites (tertiary alicyclic amines) is 1. The number of carbonyl (C=O) groups excluding carboxylic acids is 1. The fourth-order valence-electron chi connectivity index (χ4n) is 3.01. The van der Waals surface area contributed by atoms with Gasteiger partial charge in [0.05, 0.1) is 0 Å². The lowest BCUT2D eigenvalue weighted by Crippen LogP contribution is -2.29. The molecule has 5 nitrogen and oxygen atoms in total. The molecule has 1 aliphatic heterocycles. The Morgan fingerprint density at radius 3 is 2.57 bits per heavy atom. The van der Waals surface area contributed by atoms with Gasteiger partial charge in [-0.25, -0.2) is 8.78 Å². The third kappa shape index (κ3) is 4.12. The van der Waals surface area contributed by atoms with Gasteiger partial charge in [0.2, 0.25) is 5.91 Å². The summed E-state index contributed by atoms with van der Waals surface area (Å²) in [4.78, 5) is 14.0. The maximum atomic E-state index is 13.2. The van der Waals surface area contributed by atoms with Crippen molar-refractivity contribution in [3.8, 4) is 0 Å². The minimum atomic E-state index is -0.556. The summed E-state index contributed by atoms with van der Waals surface area (Å²) in [7, 11) is 0. The maximum Gasteiger partial charge on any atom is 0.224 e. The Balaban J connectivity index is 1.50. The molecule has 1 fully saturated rings. The van der Waals surface area contributed by atoms with E-state index in [1.165, 1.54) is 12.1 Å². The van der Waals surface area contributed by atoms with Crippen LogP contribution >= 0.6 is 0 Å². The van der Waals surface area contributed by atoms with Crippen LogP contribution in [0.25, 0.3) is 0 Å². The number of amides is 1. The van der Waals surface area contributed by atoms with Crippen molar-refractivity contribution in [3.63, 3.8) is 0 Å². The predicted molar refractivity (Wildman–Crippen MR) is 79.4 cm³/mol. The average molecular weight is 320 g/mol. The van der Waals surface area contributed by atoms with Crippen molar-refractivity contribution in [2.24, 2.45) is 5.92 Å². The van der Waals surface area contributed by atoms with Crippen molar-refractivity contribution in [1.82, 2.24) is 19.7 Å². The first-order valence-corrected chi connectivity index (χ1v) is 7.65. The number of rotatable bonds is 5. The first-order valence-electron chi connectivity index (χ1n) is 7.65. The molecule has 23 heavy (non-hydrogen) atoms. The van der Waals surface area contributed by atoms with Crippen molar-refractivity contribution in [3.05, 3.63) is 48.1 Å². The van der Waals surface area contributed by atoms with E-state index in [1.54, 1.807) is 17.2 Å². The summed E-state index contributed by atoms with van der Waals surface area (Å²) in [5, 5.41) is 7.40. The zero-order valence-electron chi connectivity index (χ0n) is 12.7. The first-order chi connectivity index (χ1) is 11.1. The van der Waals surface area contributed by atoms with E-state index >= 15 is 0 Å². The fourth-order valence-corrected chi connectivity index (χ4v) is 3.01. The zero-order valence-corrected chi connectivity index (χ0v) is 12.7. The molecule has 0 aliphatic carbocycles. The van der Waals surface area contributed by atoms with Crippen molar-refractivity contribution in [1.29, 1.82) is 0 Å². The monoisotopic (exact) mass is 320 g/mol. The highest BCUT2D eigenvalue weighted by atomic mass is 19.1. The number of nitrogens with zero attached hydrogens (tertiary/aromatic N) is 4. The molecule has 1 aliphatic rings. The molecule has 0 N–H and O–H groups in total. The lowest BCUT2D eigenvalue weighted by molar-refractivity contribution is -0.130. The summed E-state index contributed by atoms with van der Waals surface area (Å²) in [5.41, 5.74) is 0.645. The highest BCUT2D eigenvalue weighted by Gasteiger charge is 2.26. The van der Waals surface area contributed by atoms with Gasteiger partial charge in [-0.3, -0.25) is 4.79 Å². The van der Waals surface area contributed by atoms with Crippen LogP contribution in [-0.4, -0.2) is 38.7 Å². The summed E-state index contributed by atoms with van der Waals surface area (Å²) < 4.78 is 28.2. The van der Waals surface area contributed by atoms with Gasteiger partial charge in [0.1, 0.15) is 24.3 Å². The molecule has 1 saturated heterocycles. The number of hydrogen-bond acceptors (Lipinski definition) is 3. The second-order valence-corrected chi connectivity index (χ2v) is 5.93. The quantitative estimate of drug-likeness (QED) is 0.847. The minimum absolute atomic E-state index is 0.0895. The molecule has 1 atom stereocenters.